The minimum absolute atomic E-state index is 0.0317. The summed E-state index contributed by atoms with van der Waals surface area (Å²) in [6.07, 6.45) is 6.06. The van der Waals surface area contributed by atoms with Gasteiger partial charge in [-0.05, 0) is 25.1 Å². The van der Waals surface area contributed by atoms with Crippen LogP contribution in [0, 0.1) is 23.7 Å². The van der Waals surface area contributed by atoms with Crippen LogP contribution >= 0.6 is 0 Å². The zero-order chi connectivity index (χ0) is 15.2. The number of Topliss-reactive ketones (excluding diaryl/α,β-unsaturated/α-hetero) is 1. The maximum absolute atomic E-state index is 11.8. The standard InChI is InChI=1S/C17H19N3O/c1-3-4-7-19-8-10-20(11-9-19)17-12-15(13-18)5-6-16(17)14(2)21/h1,5-6,12H,4,7-11H2,2H3. The largest absolute Gasteiger partial charge is 0.368 e. The van der Waals surface area contributed by atoms with Crippen molar-refractivity contribution in [3.8, 4) is 18.4 Å². The Morgan fingerprint density at radius 2 is 2.05 bits per heavy atom. The molecule has 1 heterocycles. The molecule has 0 spiro atoms. The van der Waals surface area contributed by atoms with Gasteiger partial charge in [-0.1, -0.05) is 0 Å². The summed E-state index contributed by atoms with van der Waals surface area (Å²) >= 11 is 0. The highest BCUT2D eigenvalue weighted by Crippen LogP contribution is 2.24. The smallest absolute Gasteiger partial charge is 0.161 e. The number of hydrogen-bond donors (Lipinski definition) is 0. The van der Waals surface area contributed by atoms with Gasteiger partial charge in [-0.2, -0.15) is 5.26 Å². The average molecular weight is 281 g/mol. The monoisotopic (exact) mass is 281 g/mol. The fourth-order valence-electron chi connectivity index (χ4n) is 2.60. The first-order valence-electron chi connectivity index (χ1n) is 7.11. The number of nitriles is 1. The Hall–Kier alpha value is -2.30. The maximum atomic E-state index is 11.8. The highest BCUT2D eigenvalue weighted by Gasteiger charge is 2.20. The molecule has 1 aliphatic rings. The van der Waals surface area contributed by atoms with Crippen molar-refractivity contribution < 1.29 is 4.79 Å². The number of anilines is 1. The molecular formula is C17H19N3O. The van der Waals surface area contributed by atoms with E-state index in [1.165, 1.54) is 0 Å². The van der Waals surface area contributed by atoms with Crippen LogP contribution in [0.25, 0.3) is 0 Å². The van der Waals surface area contributed by atoms with Gasteiger partial charge in [0.25, 0.3) is 0 Å². The van der Waals surface area contributed by atoms with Crippen LogP contribution in [0.1, 0.15) is 29.3 Å². The molecule has 1 saturated heterocycles. The Morgan fingerprint density at radius 1 is 1.33 bits per heavy atom. The van der Waals surface area contributed by atoms with Gasteiger partial charge >= 0.3 is 0 Å². The molecule has 1 aliphatic heterocycles. The molecule has 1 aromatic carbocycles. The number of benzene rings is 1. The van der Waals surface area contributed by atoms with Gasteiger partial charge in [0.2, 0.25) is 0 Å². The second kappa shape index (κ2) is 6.92. The Labute approximate surface area is 126 Å². The SMILES string of the molecule is C#CCCN1CCN(c2cc(C#N)ccc2C(C)=O)CC1. The summed E-state index contributed by atoms with van der Waals surface area (Å²) in [7, 11) is 0. The van der Waals surface area contributed by atoms with Crippen molar-refractivity contribution in [1.82, 2.24) is 4.90 Å². The number of hydrogen-bond acceptors (Lipinski definition) is 4. The molecule has 0 atom stereocenters. The quantitative estimate of drug-likeness (QED) is 0.625. The zero-order valence-electron chi connectivity index (χ0n) is 12.3. The van der Waals surface area contributed by atoms with E-state index < -0.39 is 0 Å². The van der Waals surface area contributed by atoms with E-state index in [9.17, 15) is 4.79 Å². The lowest BCUT2D eigenvalue weighted by molar-refractivity contribution is 0.101. The van der Waals surface area contributed by atoms with Crippen LogP contribution in [0.5, 0.6) is 0 Å². The molecule has 1 aromatic rings. The van der Waals surface area contributed by atoms with Crippen LogP contribution in [-0.4, -0.2) is 43.4 Å². The molecule has 0 unspecified atom stereocenters. The first kappa shape index (κ1) is 15.1. The number of terminal acetylenes is 1. The topological polar surface area (TPSA) is 47.3 Å². The fraction of sp³-hybridized carbons (Fsp3) is 0.412. The van der Waals surface area contributed by atoms with E-state index in [4.69, 9.17) is 11.7 Å². The van der Waals surface area contributed by atoms with Crippen molar-refractivity contribution in [1.29, 1.82) is 5.26 Å². The molecule has 4 heteroatoms. The number of ketones is 1. The molecule has 0 N–H and O–H groups in total. The lowest BCUT2D eigenvalue weighted by Crippen LogP contribution is -2.47. The molecule has 1 fully saturated rings. The minimum atomic E-state index is 0.0317. The maximum Gasteiger partial charge on any atom is 0.161 e. The highest BCUT2D eigenvalue weighted by atomic mass is 16.1. The van der Waals surface area contributed by atoms with Crippen LogP contribution in [0.4, 0.5) is 5.69 Å². The molecule has 0 amide bonds. The summed E-state index contributed by atoms with van der Waals surface area (Å²) in [5.41, 5.74) is 2.15. The molecule has 0 aliphatic carbocycles. The molecule has 21 heavy (non-hydrogen) atoms. The number of nitrogens with zero attached hydrogens (tertiary/aromatic N) is 3. The van der Waals surface area contributed by atoms with Gasteiger partial charge in [-0.25, -0.2) is 0 Å². The summed E-state index contributed by atoms with van der Waals surface area (Å²) in [5.74, 6) is 2.69. The van der Waals surface area contributed by atoms with Gasteiger partial charge in [0, 0.05) is 50.4 Å². The summed E-state index contributed by atoms with van der Waals surface area (Å²) in [6, 6.07) is 7.40. The van der Waals surface area contributed by atoms with Gasteiger partial charge in [0.1, 0.15) is 0 Å². The van der Waals surface area contributed by atoms with Crippen LogP contribution in [0.15, 0.2) is 18.2 Å². The van der Waals surface area contributed by atoms with E-state index in [-0.39, 0.29) is 5.78 Å². The van der Waals surface area contributed by atoms with E-state index in [0.29, 0.717) is 11.1 Å². The molecule has 4 nitrogen and oxygen atoms in total. The van der Waals surface area contributed by atoms with Crippen LogP contribution < -0.4 is 4.90 Å². The molecule has 0 radical (unpaired) electrons. The normalized spacial score (nSPS) is 15.3. The van der Waals surface area contributed by atoms with Crippen LogP contribution in [-0.2, 0) is 0 Å². The van der Waals surface area contributed by atoms with E-state index in [0.717, 1.165) is 44.8 Å². The second-order valence-corrected chi connectivity index (χ2v) is 5.18. The second-order valence-electron chi connectivity index (χ2n) is 5.18. The Kier molecular flexibility index (Phi) is 4.98. The lowest BCUT2D eigenvalue weighted by Gasteiger charge is -2.36. The molecule has 0 saturated carbocycles. The van der Waals surface area contributed by atoms with Crippen LogP contribution in [0.2, 0.25) is 0 Å². The van der Waals surface area contributed by atoms with Gasteiger partial charge in [0.15, 0.2) is 5.78 Å². The van der Waals surface area contributed by atoms with Crippen molar-refractivity contribution in [3.63, 3.8) is 0 Å². The van der Waals surface area contributed by atoms with Crippen molar-refractivity contribution >= 4 is 11.5 Å². The van der Waals surface area contributed by atoms with Gasteiger partial charge in [-0.15, -0.1) is 12.3 Å². The number of piperazine rings is 1. The van der Waals surface area contributed by atoms with E-state index >= 15 is 0 Å². The van der Waals surface area contributed by atoms with Gasteiger partial charge < -0.3 is 4.90 Å². The van der Waals surface area contributed by atoms with Gasteiger partial charge in [-0.3, -0.25) is 9.69 Å². The van der Waals surface area contributed by atoms with Gasteiger partial charge in [0.05, 0.1) is 11.6 Å². The third kappa shape index (κ3) is 3.62. The third-order valence-electron chi connectivity index (χ3n) is 3.79. The summed E-state index contributed by atoms with van der Waals surface area (Å²) < 4.78 is 0. The van der Waals surface area contributed by atoms with E-state index in [2.05, 4.69) is 21.8 Å². The number of carbonyl (C=O) groups excluding carboxylic acids is 1. The Morgan fingerprint density at radius 3 is 2.62 bits per heavy atom. The third-order valence-corrected chi connectivity index (χ3v) is 3.79. The summed E-state index contributed by atoms with van der Waals surface area (Å²) in [4.78, 5) is 16.3. The number of rotatable bonds is 4. The molecular weight excluding hydrogens is 262 g/mol. The number of carbonyl (C=O) groups is 1. The molecule has 108 valence electrons. The van der Waals surface area contributed by atoms with E-state index in [1.54, 1.807) is 19.1 Å². The van der Waals surface area contributed by atoms with E-state index in [1.807, 2.05) is 6.07 Å². The zero-order valence-corrected chi connectivity index (χ0v) is 12.3. The first-order chi connectivity index (χ1) is 10.2. The Bertz CT molecular complexity index is 601. The molecule has 2 rings (SSSR count). The Balaban J connectivity index is 2.14. The lowest BCUT2D eigenvalue weighted by atomic mass is 10.0. The predicted molar refractivity (Wildman–Crippen MR) is 83.3 cm³/mol. The average Bonchev–Trinajstić information content (AvgIpc) is 2.52. The first-order valence-corrected chi connectivity index (χ1v) is 7.11. The highest BCUT2D eigenvalue weighted by molar-refractivity contribution is 6.00. The fourth-order valence-corrected chi connectivity index (χ4v) is 2.60. The van der Waals surface area contributed by atoms with Crippen molar-refractivity contribution in [2.75, 3.05) is 37.6 Å². The minimum Gasteiger partial charge on any atom is -0.368 e. The van der Waals surface area contributed by atoms with Crippen molar-refractivity contribution in [3.05, 3.63) is 29.3 Å². The van der Waals surface area contributed by atoms with Crippen LogP contribution in [0.3, 0.4) is 0 Å². The molecule has 0 bridgehead atoms. The predicted octanol–water partition coefficient (Wildman–Crippen LogP) is 1.91. The van der Waals surface area contributed by atoms with Crippen molar-refractivity contribution in [2.45, 2.75) is 13.3 Å². The summed E-state index contributed by atoms with van der Waals surface area (Å²) in [5, 5.41) is 9.05. The molecule has 0 aromatic heterocycles. The summed E-state index contributed by atoms with van der Waals surface area (Å²) in [6.45, 7) is 6.03. The van der Waals surface area contributed by atoms with Crippen molar-refractivity contribution in [2.24, 2.45) is 0 Å².